The average Bonchev–Trinajstić information content (AvgIpc) is 1.54. The van der Waals surface area contributed by atoms with Crippen LogP contribution in [0.15, 0.2) is 151 Å². The minimum atomic E-state index is -1.90. The fraction of sp³-hybridized carbons (Fsp3) is 0.393. The highest BCUT2D eigenvalue weighted by Gasteiger charge is 2.42. The molecule has 5 N–H and O–H groups in total. The van der Waals surface area contributed by atoms with Crippen LogP contribution < -0.4 is 48.0 Å². The highest BCUT2D eigenvalue weighted by atomic mass is 32.1. The molecule has 2 aliphatic rings. The second-order valence-electron chi connectivity index (χ2n) is 30.2. The maximum absolute atomic E-state index is 14.1. The SMILES string of the molecule is C.C1CCCC1.CO.COc1ccc(F)cc1[C@@H](O)Cn1c(=O)n(C(C)(C)C(=O)N2CCCC2)c(=O)c2c(C)c(-n3nccn3)sc21.COc1ccc(F)cc1[C@@H](O)Cn1c(=O)n(C(C)(C)C(=O)O)c(=O)c2c(C)c(-n3nccn3)sc21.COc1ccc(F)cc1[C@@H](O)Cn1c(=O)n(C(C)(C)C(=O)OCc2ccccc2)c(=O)c2c(C)c(-n3nccn3)sc21. The van der Waals surface area contributed by atoms with Crippen LogP contribution in [-0.4, -0.2) is 162 Å². The van der Waals surface area contributed by atoms with Gasteiger partial charge in [-0.3, -0.25) is 32.9 Å². The Morgan fingerprint density at radius 3 is 1.05 bits per heavy atom. The van der Waals surface area contributed by atoms with Crippen molar-refractivity contribution in [2.75, 3.05) is 41.5 Å². The quantitative estimate of drug-likeness (QED) is 0.0372. The lowest BCUT2D eigenvalue weighted by Gasteiger charge is -2.31. The number of aryl methyl sites for hydroxylation is 3. The molecule has 660 valence electrons. The number of aliphatic hydroxyl groups is 4. The van der Waals surface area contributed by atoms with Gasteiger partial charge in [0, 0.05) is 53.6 Å². The summed E-state index contributed by atoms with van der Waals surface area (Å²) in [5.74, 6) is -3.66. The van der Waals surface area contributed by atoms with Gasteiger partial charge in [-0.25, -0.2) is 50.8 Å². The smallest absolute Gasteiger partial charge is 0.333 e. The maximum Gasteiger partial charge on any atom is 0.333 e. The lowest BCUT2D eigenvalue weighted by atomic mass is 10.0. The number of hydrogen-bond donors (Lipinski definition) is 5. The Balaban J connectivity index is 0.000000187. The molecule has 4 aromatic carbocycles. The van der Waals surface area contributed by atoms with Crippen molar-refractivity contribution in [1.82, 2.24) is 77.3 Å². The van der Waals surface area contributed by atoms with Crippen LogP contribution in [0.4, 0.5) is 13.2 Å². The molecule has 1 saturated heterocycles. The molecule has 0 unspecified atom stereocenters. The molecule has 9 aromatic heterocycles. The second kappa shape index (κ2) is 39.5. The minimum Gasteiger partial charge on any atom is -0.496 e. The molecule has 1 aliphatic heterocycles. The summed E-state index contributed by atoms with van der Waals surface area (Å²) < 4.78 is 69.5. The van der Waals surface area contributed by atoms with Crippen LogP contribution in [0.3, 0.4) is 0 Å². The van der Waals surface area contributed by atoms with Gasteiger partial charge in [-0.2, -0.15) is 30.6 Å². The number of methoxy groups -OCH3 is 3. The molecule has 13 aromatic rings. The predicted molar refractivity (Wildman–Crippen MR) is 459 cm³/mol. The number of aliphatic carboxylic acids is 1. The van der Waals surface area contributed by atoms with Gasteiger partial charge in [0.1, 0.15) is 106 Å². The van der Waals surface area contributed by atoms with E-state index in [0.717, 1.165) is 91.4 Å². The van der Waals surface area contributed by atoms with E-state index in [1.807, 2.05) is 6.07 Å². The largest absolute Gasteiger partial charge is 0.496 e. The Kier molecular flexibility index (Phi) is 29.9. The molecule has 0 spiro atoms. The summed E-state index contributed by atoms with van der Waals surface area (Å²) in [5.41, 5.74) is -7.30. The number of carbonyl (C=O) groups is 3. The number of carboxylic acids is 1. The lowest BCUT2D eigenvalue weighted by molar-refractivity contribution is -0.154. The van der Waals surface area contributed by atoms with Gasteiger partial charge in [0.15, 0.2) is 0 Å². The summed E-state index contributed by atoms with van der Waals surface area (Å²) in [6.45, 7) is 13.4. The van der Waals surface area contributed by atoms with Gasteiger partial charge >= 0.3 is 29.0 Å². The molecule has 1 amide bonds. The van der Waals surface area contributed by atoms with Crippen LogP contribution >= 0.6 is 34.0 Å². The van der Waals surface area contributed by atoms with Gasteiger partial charge in [-0.05, 0) is 135 Å². The molecule has 34 nitrogen and oxygen atoms in total. The van der Waals surface area contributed by atoms with Crippen molar-refractivity contribution < 1.29 is 72.0 Å². The third-order valence-electron chi connectivity index (χ3n) is 21.2. The lowest BCUT2D eigenvalue weighted by Crippen LogP contribution is -2.56. The number of ether oxygens (including phenoxy) is 4. The number of nitrogens with zero attached hydrogens (tertiary/aromatic N) is 16. The van der Waals surface area contributed by atoms with Gasteiger partial charge in [-0.15, -0.1) is 14.4 Å². The summed E-state index contributed by atoms with van der Waals surface area (Å²) in [6, 6.07) is 20.0. The van der Waals surface area contributed by atoms with E-state index >= 15 is 0 Å². The van der Waals surface area contributed by atoms with Crippen LogP contribution in [0.5, 0.6) is 17.2 Å². The number of esters is 1. The van der Waals surface area contributed by atoms with E-state index in [1.165, 1.54) is 178 Å². The van der Waals surface area contributed by atoms with Crippen molar-refractivity contribution in [2.24, 2.45) is 0 Å². The van der Waals surface area contributed by atoms with Crippen molar-refractivity contribution in [3.8, 4) is 32.3 Å². The van der Waals surface area contributed by atoms with E-state index in [2.05, 4.69) is 30.6 Å². The molecule has 15 rings (SSSR count). The summed E-state index contributed by atoms with van der Waals surface area (Å²) in [5, 5.41) is 76.9. The molecule has 40 heteroatoms. The van der Waals surface area contributed by atoms with Gasteiger partial charge in [0.05, 0.1) is 94.3 Å². The predicted octanol–water partition coefficient (Wildman–Crippen LogP) is 9.84. The first-order valence-electron chi connectivity index (χ1n) is 38.8. The molecule has 1 aliphatic carbocycles. The Morgan fingerprint density at radius 1 is 0.452 bits per heavy atom. The van der Waals surface area contributed by atoms with Crippen LogP contribution in [-0.2, 0) is 62.0 Å². The highest BCUT2D eigenvalue weighted by molar-refractivity contribution is 7.22. The third kappa shape index (κ3) is 18.8. The Bertz CT molecular complexity index is 6390. The van der Waals surface area contributed by atoms with Crippen molar-refractivity contribution in [2.45, 2.75) is 176 Å². The number of rotatable bonds is 23. The standard InChI is InChI=1S/C29H28FN5O6S.C26H29FN6O5S.C22H22FN5O6S.C5H10.CH4O.CH4/c1-17-23-24(37)34(29(2,3)27(38)41-16-18-8-6-5-7-9-18)28(39)33(26(23)42-25(17)35-31-12-13-32-35)15-21(36)20-14-19(30)10-11-22(20)40-4;1-15-20-21(35)32(26(2,3)24(36)30-11-5-6-12-30)25(37)31(23(20)39-22(15)33-28-9-10-29-33)14-18(34)17-13-16(27)7-8-19(17)38-4;1-11-16-17(30)27(22(2,3)20(31)32)21(33)26(19(16)35-18(11)28-24-7-8-25-28)10-14(29)13-9-12(23)5-6-15(13)34-4;1-2-4-5-3-1;1-2;/h5-14,21,36H,15-16H2,1-4H3;7-10,13,18,34H,5-6,11-12,14H2,1-4H3;5-9,14,29H,10H2,1-4H3,(H,31,32);1-5H2;2H,1H3;1H4/t21-;18-;14-;;;/m000.../s1. The zero-order chi connectivity index (χ0) is 89.4. The Hall–Kier alpha value is -12.3. The van der Waals surface area contributed by atoms with Crippen molar-refractivity contribution in [1.29, 1.82) is 0 Å². The number of benzene rings is 4. The summed E-state index contributed by atoms with van der Waals surface area (Å²) >= 11 is 3.23. The summed E-state index contributed by atoms with van der Waals surface area (Å²) in [4.78, 5) is 128. The van der Waals surface area contributed by atoms with E-state index in [9.17, 15) is 76.7 Å². The van der Waals surface area contributed by atoms with E-state index < -0.39 is 105 Å². The van der Waals surface area contributed by atoms with Crippen LogP contribution in [0.2, 0.25) is 0 Å². The number of likely N-dealkylation sites (tertiary alicyclic amines) is 1. The number of hydrogen-bond acceptors (Lipinski definition) is 26. The van der Waals surface area contributed by atoms with Gasteiger partial charge < -0.3 is 49.4 Å². The van der Waals surface area contributed by atoms with Gasteiger partial charge in [0.25, 0.3) is 16.7 Å². The number of carbonyl (C=O) groups excluding carboxylic acids is 2. The van der Waals surface area contributed by atoms with E-state index in [4.69, 9.17) is 24.1 Å². The van der Waals surface area contributed by atoms with Crippen molar-refractivity contribution in [3.05, 3.63) is 241 Å². The van der Waals surface area contributed by atoms with Crippen LogP contribution in [0.1, 0.15) is 151 Å². The highest BCUT2D eigenvalue weighted by Crippen LogP contribution is 2.38. The Morgan fingerprint density at radius 2 is 0.750 bits per heavy atom. The average molecular weight is 1770 g/mol. The van der Waals surface area contributed by atoms with E-state index in [1.54, 1.807) is 63.8 Å². The van der Waals surface area contributed by atoms with Gasteiger partial charge in [0.2, 0.25) is 5.91 Å². The van der Waals surface area contributed by atoms with Crippen molar-refractivity contribution in [3.63, 3.8) is 0 Å². The fourth-order valence-electron chi connectivity index (χ4n) is 14.6. The number of aliphatic hydroxyl groups excluding tert-OH is 4. The topological polar surface area (TPSA) is 417 Å². The van der Waals surface area contributed by atoms with Gasteiger partial charge in [-0.1, -0.05) is 104 Å². The van der Waals surface area contributed by atoms with Crippen molar-refractivity contribution >= 4 is 82.5 Å². The normalized spacial score (nSPS) is 13.5. The zero-order valence-corrected chi connectivity index (χ0v) is 72.0. The first-order chi connectivity index (χ1) is 58.6. The number of halogens is 3. The number of amides is 1. The molecule has 0 radical (unpaired) electrons. The van der Waals surface area contributed by atoms with Crippen LogP contribution in [0, 0.1) is 38.2 Å². The number of aromatic nitrogens is 15. The summed E-state index contributed by atoms with van der Waals surface area (Å²) in [6.07, 6.45) is 13.8. The molecule has 3 atom stereocenters. The maximum atomic E-state index is 14.1. The van der Waals surface area contributed by atoms with Crippen LogP contribution in [0.25, 0.3) is 45.7 Å². The zero-order valence-electron chi connectivity index (χ0n) is 69.5. The number of thiophene rings is 3. The first kappa shape index (κ1) is 93.9. The third-order valence-corrected chi connectivity index (χ3v) is 25.0. The minimum absolute atomic E-state index is 0. The van der Waals surface area contributed by atoms with E-state index in [0.29, 0.717) is 49.4 Å². The van der Waals surface area contributed by atoms with E-state index in [-0.39, 0.29) is 97.6 Å². The molecular weight excluding hydrogens is 1670 g/mol. The monoisotopic (exact) mass is 1770 g/mol. The molecular formula is C84H97F3N16O18S3. The molecule has 1 saturated carbocycles. The molecule has 0 bridgehead atoms. The number of carboxylic acid groups (broad SMARTS) is 1. The Labute approximate surface area is 718 Å². The molecule has 2 fully saturated rings. The second-order valence-corrected chi connectivity index (χ2v) is 33.1. The molecule has 124 heavy (non-hydrogen) atoms. The number of fused-ring (bicyclic) bond motifs is 3. The first-order valence-corrected chi connectivity index (χ1v) is 41.3. The summed E-state index contributed by atoms with van der Waals surface area (Å²) in [7, 11) is 5.13. The fourth-order valence-corrected chi connectivity index (χ4v) is 18.2. The molecule has 10 heterocycles.